The molecule has 0 aliphatic heterocycles. The quantitative estimate of drug-likeness (QED) is 0.104. The van der Waals surface area contributed by atoms with E-state index in [1.54, 1.807) is 18.2 Å². The Labute approximate surface area is 228 Å². The van der Waals surface area contributed by atoms with Gasteiger partial charge in [-0.2, -0.15) is 0 Å². The van der Waals surface area contributed by atoms with Crippen LogP contribution >= 0.6 is 0 Å². The van der Waals surface area contributed by atoms with Crippen LogP contribution in [-0.4, -0.2) is 0 Å². The van der Waals surface area contributed by atoms with E-state index < -0.39 is 40.7 Å². The van der Waals surface area contributed by atoms with Crippen molar-refractivity contribution in [3.63, 3.8) is 0 Å². The number of unbranched alkanes of at least 4 members (excludes halogenated alkanes) is 4. The number of rotatable bonds is 10. The SMILES string of the molecule is CCCCCCC/C(F)=C(\F)c1ccc(-c2ccc(-c3ccc(-c4cc(F)c(F)c(F)c4)c(F)c3)c(F)c2)cc1. The first-order valence-electron chi connectivity index (χ1n) is 13.1. The summed E-state index contributed by atoms with van der Waals surface area (Å²) in [5, 5.41) is 0. The van der Waals surface area contributed by atoms with Gasteiger partial charge in [-0.3, -0.25) is 0 Å². The minimum atomic E-state index is -1.65. The summed E-state index contributed by atoms with van der Waals surface area (Å²) in [7, 11) is 0. The lowest BCUT2D eigenvalue weighted by Gasteiger charge is -2.10. The highest BCUT2D eigenvalue weighted by Gasteiger charge is 2.16. The first-order valence-corrected chi connectivity index (χ1v) is 13.1. The second-order valence-electron chi connectivity index (χ2n) is 9.60. The molecule has 0 atom stereocenters. The van der Waals surface area contributed by atoms with Crippen LogP contribution < -0.4 is 0 Å². The van der Waals surface area contributed by atoms with E-state index in [0.29, 0.717) is 29.7 Å². The molecule has 0 aliphatic rings. The first kappa shape index (κ1) is 29.1. The van der Waals surface area contributed by atoms with Gasteiger partial charge in [0.15, 0.2) is 23.3 Å². The van der Waals surface area contributed by atoms with E-state index in [1.165, 1.54) is 36.4 Å². The van der Waals surface area contributed by atoms with Crippen molar-refractivity contribution in [2.75, 3.05) is 0 Å². The summed E-state index contributed by atoms with van der Waals surface area (Å²) in [5.74, 6) is -7.77. The summed E-state index contributed by atoms with van der Waals surface area (Å²) in [6, 6.07) is 15.3. The zero-order valence-corrected chi connectivity index (χ0v) is 21.8. The molecule has 0 bridgehead atoms. The molecule has 0 nitrogen and oxygen atoms in total. The van der Waals surface area contributed by atoms with Gasteiger partial charge in [-0.1, -0.05) is 81.1 Å². The lowest BCUT2D eigenvalue weighted by molar-refractivity contribution is 0.447. The zero-order chi connectivity index (χ0) is 28.8. The average Bonchev–Trinajstić information content (AvgIpc) is 2.95. The topological polar surface area (TPSA) is 0 Å². The predicted octanol–water partition coefficient (Wildman–Crippen LogP) is 11.4. The molecule has 0 fully saturated rings. The van der Waals surface area contributed by atoms with E-state index in [1.807, 2.05) is 0 Å². The summed E-state index contributed by atoms with van der Waals surface area (Å²) in [6.07, 6.45) is 4.61. The fraction of sp³-hybridized carbons (Fsp3) is 0.212. The molecule has 0 saturated carbocycles. The molecule has 0 N–H and O–H groups in total. The monoisotopic (exact) mass is 556 g/mol. The van der Waals surface area contributed by atoms with Gasteiger partial charge < -0.3 is 0 Å². The summed E-state index contributed by atoms with van der Waals surface area (Å²) in [5.41, 5.74) is 1.04. The molecular formula is C33H27F7. The maximum Gasteiger partial charge on any atom is 0.194 e. The Morgan fingerprint density at radius 2 is 1.02 bits per heavy atom. The second kappa shape index (κ2) is 13.0. The Hall–Kier alpha value is -3.87. The fourth-order valence-electron chi connectivity index (χ4n) is 4.52. The molecule has 40 heavy (non-hydrogen) atoms. The van der Waals surface area contributed by atoms with Gasteiger partial charge in [0.1, 0.15) is 17.5 Å². The lowest BCUT2D eigenvalue weighted by atomic mass is 9.96. The Balaban J connectivity index is 1.51. The van der Waals surface area contributed by atoms with Crippen molar-refractivity contribution in [2.24, 2.45) is 0 Å². The molecule has 0 spiro atoms. The van der Waals surface area contributed by atoms with Crippen molar-refractivity contribution in [3.8, 4) is 33.4 Å². The third-order valence-electron chi connectivity index (χ3n) is 6.75. The molecule has 0 radical (unpaired) electrons. The Kier molecular flexibility index (Phi) is 9.46. The Morgan fingerprint density at radius 3 is 1.62 bits per heavy atom. The molecular weight excluding hydrogens is 529 g/mol. The van der Waals surface area contributed by atoms with Crippen molar-refractivity contribution < 1.29 is 30.7 Å². The van der Waals surface area contributed by atoms with Gasteiger partial charge in [-0.25, -0.2) is 30.7 Å². The normalized spacial score (nSPS) is 12.0. The molecule has 4 rings (SSSR count). The largest absolute Gasteiger partial charge is 0.209 e. The molecule has 0 saturated heterocycles. The van der Waals surface area contributed by atoms with E-state index in [0.717, 1.165) is 31.7 Å². The fourth-order valence-corrected chi connectivity index (χ4v) is 4.52. The van der Waals surface area contributed by atoms with Crippen LogP contribution in [0.15, 0.2) is 78.6 Å². The van der Waals surface area contributed by atoms with Crippen molar-refractivity contribution in [2.45, 2.75) is 45.4 Å². The Morgan fingerprint density at radius 1 is 0.525 bits per heavy atom. The molecule has 0 heterocycles. The van der Waals surface area contributed by atoms with E-state index in [4.69, 9.17) is 0 Å². The van der Waals surface area contributed by atoms with Gasteiger partial charge in [0.05, 0.1) is 0 Å². The van der Waals surface area contributed by atoms with Gasteiger partial charge in [0.25, 0.3) is 0 Å². The van der Waals surface area contributed by atoms with Gasteiger partial charge in [-0.05, 0) is 52.9 Å². The molecule has 0 aromatic heterocycles. The minimum Gasteiger partial charge on any atom is -0.209 e. The molecule has 0 amide bonds. The third-order valence-corrected chi connectivity index (χ3v) is 6.75. The van der Waals surface area contributed by atoms with Gasteiger partial charge in [0.2, 0.25) is 0 Å². The van der Waals surface area contributed by atoms with E-state index in [2.05, 4.69) is 6.92 Å². The van der Waals surface area contributed by atoms with Crippen LogP contribution in [0.5, 0.6) is 0 Å². The van der Waals surface area contributed by atoms with Crippen LogP contribution in [-0.2, 0) is 0 Å². The summed E-state index contributed by atoms with van der Waals surface area (Å²) >= 11 is 0. The van der Waals surface area contributed by atoms with E-state index in [9.17, 15) is 26.3 Å². The highest BCUT2D eigenvalue weighted by atomic mass is 19.2. The van der Waals surface area contributed by atoms with Crippen molar-refractivity contribution in [3.05, 3.63) is 113 Å². The number of halogens is 7. The van der Waals surface area contributed by atoms with Crippen LogP contribution in [0.2, 0.25) is 0 Å². The van der Waals surface area contributed by atoms with Crippen LogP contribution in [0.4, 0.5) is 30.7 Å². The molecule has 4 aromatic carbocycles. The summed E-state index contributed by atoms with van der Waals surface area (Å²) < 4.78 is 99.1. The second-order valence-corrected chi connectivity index (χ2v) is 9.60. The standard InChI is InChI=1S/C33H27F7/c1-2-3-4-5-6-7-27(34)32(39)21-10-8-20(9-11-21)22-12-14-25(28(35)16-22)23-13-15-26(29(36)17-23)24-18-30(37)33(40)31(38)19-24/h8-19H,2-7H2,1H3/b32-27+. The van der Waals surface area contributed by atoms with Crippen molar-refractivity contribution in [1.29, 1.82) is 0 Å². The minimum absolute atomic E-state index is 0.0449. The van der Waals surface area contributed by atoms with E-state index >= 15 is 4.39 Å². The maximum atomic E-state index is 15.1. The number of hydrogen-bond acceptors (Lipinski definition) is 0. The molecule has 0 aliphatic carbocycles. The van der Waals surface area contributed by atoms with Crippen LogP contribution in [0, 0.1) is 29.1 Å². The summed E-state index contributed by atoms with van der Waals surface area (Å²) in [4.78, 5) is 0. The van der Waals surface area contributed by atoms with Crippen molar-refractivity contribution in [1.82, 2.24) is 0 Å². The van der Waals surface area contributed by atoms with Crippen LogP contribution in [0.25, 0.3) is 39.2 Å². The average molecular weight is 557 g/mol. The van der Waals surface area contributed by atoms with Gasteiger partial charge in [0, 0.05) is 23.1 Å². The van der Waals surface area contributed by atoms with Crippen LogP contribution in [0.3, 0.4) is 0 Å². The van der Waals surface area contributed by atoms with Gasteiger partial charge in [-0.15, -0.1) is 0 Å². The summed E-state index contributed by atoms with van der Waals surface area (Å²) in [6.45, 7) is 2.08. The number of hydrogen-bond donors (Lipinski definition) is 0. The van der Waals surface area contributed by atoms with Crippen molar-refractivity contribution >= 4 is 5.83 Å². The molecule has 208 valence electrons. The number of allylic oxidation sites excluding steroid dienone is 1. The smallest absolute Gasteiger partial charge is 0.194 e. The van der Waals surface area contributed by atoms with E-state index in [-0.39, 0.29) is 34.2 Å². The Bertz CT molecular complexity index is 1500. The van der Waals surface area contributed by atoms with Gasteiger partial charge >= 0.3 is 0 Å². The third kappa shape index (κ3) is 6.64. The predicted molar refractivity (Wildman–Crippen MR) is 145 cm³/mol. The highest BCUT2D eigenvalue weighted by Crippen LogP contribution is 2.33. The molecule has 7 heteroatoms. The zero-order valence-electron chi connectivity index (χ0n) is 21.8. The molecule has 4 aromatic rings. The maximum absolute atomic E-state index is 15.1. The lowest BCUT2D eigenvalue weighted by Crippen LogP contribution is -1.94. The first-order chi connectivity index (χ1) is 19.2. The number of benzene rings is 4. The molecule has 0 unspecified atom stereocenters. The highest BCUT2D eigenvalue weighted by molar-refractivity contribution is 5.75. The van der Waals surface area contributed by atoms with Crippen LogP contribution in [0.1, 0.15) is 51.0 Å².